The van der Waals surface area contributed by atoms with Crippen LogP contribution < -0.4 is 5.32 Å². The van der Waals surface area contributed by atoms with E-state index in [1.807, 2.05) is 11.8 Å². The molecule has 2 fully saturated rings. The summed E-state index contributed by atoms with van der Waals surface area (Å²) in [5.41, 5.74) is 0.505. The summed E-state index contributed by atoms with van der Waals surface area (Å²) in [4.78, 5) is 23.4. The maximum atomic E-state index is 14.0. The highest BCUT2D eigenvalue weighted by molar-refractivity contribution is 6.31. The number of carbonyl (C=O) groups is 1. The third-order valence-electron chi connectivity index (χ3n) is 5.41. The smallest absolute Gasteiger partial charge is 0.236 e. The first-order valence-corrected chi connectivity index (χ1v) is 11.0. The van der Waals surface area contributed by atoms with Crippen molar-refractivity contribution in [2.75, 3.05) is 72.1 Å². The average molecular weight is 440 g/mol. The molecule has 1 N–H and O–H groups in total. The number of carbonyl (C=O) groups excluding carboxylic acids is 1. The summed E-state index contributed by atoms with van der Waals surface area (Å²) >= 11 is 6.11. The Hall–Kier alpha value is -1.90. The molecule has 1 aromatic carbocycles. The summed E-state index contributed by atoms with van der Waals surface area (Å²) in [6, 6.07) is 4.73. The van der Waals surface area contributed by atoms with Gasteiger partial charge >= 0.3 is 0 Å². The van der Waals surface area contributed by atoms with Crippen LogP contribution in [0.3, 0.4) is 0 Å². The molecule has 2 aliphatic rings. The fourth-order valence-corrected chi connectivity index (χ4v) is 3.95. The number of piperazine rings is 1. The maximum absolute atomic E-state index is 14.0. The molecule has 30 heavy (non-hydrogen) atoms. The molecule has 2 aliphatic heterocycles. The van der Waals surface area contributed by atoms with Gasteiger partial charge in [0.15, 0.2) is 5.96 Å². The number of halogens is 2. The molecule has 0 saturated carbocycles. The van der Waals surface area contributed by atoms with Crippen LogP contribution in [-0.4, -0.2) is 98.7 Å². The molecule has 1 amide bonds. The lowest BCUT2D eigenvalue weighted by molar-refractivity contribution is -0.136. The number of ether oxygens (including phenoxy) is 1. The van der Waals surface area contributed by atoms with Crippen molar-refractivity contribution in [3.8, 4) is 0 Å². The second-order valence-corrected chi connectivity index (χ2v) is 7.85. The van der Waals surface area contributed by atoms with Gasteiger partial charge in [0.05, 0.1) is 19.8 Å². The van der Waals surface area contributed by atoms with Gasteiger partial charge < -0.3 is 19.9 Å². The SMILES string of the molecule is CCNC(=NCCc1c(F)cccc1Cl)N1CCN(CC(=O)N2CCOCC2)CC1. The molecular formula is C21H31ClFN5O2. The Balaban J connectivity index is 1.49. The fourth-order valence-electron chi connectivity index (χ4n) is 3.69. The minimum atomic E-state index is -0.291. The van der Waals surface area contributed by atoms with Gasteiger partial charge in [-0.25, -0.2) is 4.39 Å². The molecule has 0 unspecified atom stereocenters. The number of benzene rings is 1. The topological polar surface area (TPSA) is 60.4 Å². The molecule has 9 heteroatoms. The monoisotopic (exact) mass is 439 g/mol. The second kappa shape index (κ2) is 11.5. The highest BCUT2D eigenvalue weighted by Gasteiger charge is 2.24. The molecule has 0 spiro atoms. The van der Waals surface area contributed by atoms with Gasteiger partial charge in [-0.1, -0.05) is 17.7 Å². The highest BCUT2D eigenvalue weighted by atomic mass is 35.5. The first-order valence-electron chi connectivity index (χ1n) is 10.6. The molecule has 7 nitrogen and oxygen atoms in total. The van der Waals surface area contributed by atoms with Gasteiger partial charge in [-0.15, -0.1) is 0 Å². The van der Waals surface area contributed by atoms with Crippen LogP contribution >= 0.6 is 11.6 Å². The molecule has 3 rings (SSSR count). The lowest BCUT2D eigenvalue weighted by Gasteiger charge is -2.37. The van der Waals surface area contributed by atoms with E-state index in [0.717, 1.165) is 38.7 Å². The molecule has 2 heterocycles. The van der Waals surface area contributed by atoms with Crippen molar-refractivity contribution in [2.24, 2.45) is 4.99 Å². The molecule has 0 aliphatic carbocycles. The predicted molar refractivity (Wildman–Crippen MR) is 117 cm³/mol. The van der Waals surface area contributed by atoms with Crippen molar-refractivity contribution >= 4 is 23.5 Å². The number of aliphatic imine (C=N–C) groups is 1. The van der Waals surface area contributed by atoms with E-state index in [4.69, 9.17) is 16.3 Å². The van der Waals surface area contributed by atoms with Gasteiger partial charge in [-0.05, 0) is 25.5 Å². The zero-order chi connectivity index (χ0) is 21.3. The number of guanidine groups is 1. The Morgan fingerprint density at radius 2 is 1.90 bits per heavy atom. The zero-order valence-electron chi connectivity index (χ0n) is 17.6. The van der Waals surface area contributed by atoms with Gasteiger partial charge in [-0.3, -0.25) is 14.7 Å². The number of morpholine rings is 1. The Morgan fingerprint density at radius 1 is 1.17 bits per heavy atom. The zero-order valence-corrected chi connectivity index (χ0v) is 18.3. The molecule has 0 bridgehead atoms. The van der Waals surface area contributed by atoms with Crippen LogP contribution in [0.5, 0.6) is 0 Å². The highest BCUT2D eigenvalue weighted by Crippen LogP contribution is 2.19. The standard InChI is InChI=1S/C21H31ClFN5O2/c1-2-24-21(25-7-6-17-18(22)4-3-5-19(17)23)28-10-8-26(9-11-28)16-20(29)27-12-14-30-15-13-27/h3-5H,2,6-16H2,1H3,(H,24,25). The van der Waals surface area contributed by atoms with Crippen LogP contribution in [-0.2, 0) is 16.0 Å². The van der Waals surface area contributed by atoms with Crippen LogP contribution in [0.25, 0.3) is 0 Å². The molecule has 1 aromatic rings. The quantitative estimate of drug-likeness (QED) is 0.537. The van der Waals surface area contributed by atoms with Crippen LogP contribution in [0.4, 0.5) is 4.39 Å². The van der Waals surface area contributed by atoms with E-state index in [1.54, 1.807) is 12.1 Å². The van der Waals surface area contributed by atoms with E-state index in [9.17, 15) is 9.18 Å². The van der Waals surface area contributed by atoms with Crippen LogP contribution in [0.1, 0.15) is 12.5 Å². The Labute approximate surface area is 182 Å². The number of hydrogen-bond donors (Lipinski definition) is 1. The first-order chi connectivity index (χ1) is 14.6. The number of nitrogens with zero attached hydrogens (tertiary/aromatic N) is 4. The van der Waals surface area contributed by atoms with Crippen molar-refractivity contribution in [3.63, 3.8) is 0 Å². The van der Waals surface area contributed by atoms with Gasteiger partial charge in [-0.2, -0.15) is 0 Å². The van der Waals surface area contributed by atoms with Crippen molar-refractivity contribution < 1.29 is 13.9 Å². The largest absolute Gasteiger partial charge is 0.378 e. The molecule has 166 valence electrons. The lowest BCUT2D eigenvalue weighted by Crippen LogP contribution is -2.55. The average Bonchev–Trinajstić information content (AvgIpc) is 2.76. The minimum Gasteiger partial charge on any atom is -0.378 e. The fraction of sp³-hybridized carbons (Fsp3) is 0.619. The Kier molecular flexibility index (Phi) is 8.72. The molecule has 0 aromatic heterocycles. The maximum Gasteiger partial charge on any atom is 0.236 e. The van der Waals surface area contributed by atoms with E-state index >= 15 is 0 Å². The molecule has 0 radical (unpaired) electrons. The third kappa shape index (κ3) is 6.30. The van der Waals surface area contributed by atoms with Crippen LogP contribution in [0, 0.1) is 5.82 Å². The second-order valence-electron chi connectivity index (χ2n) is 7.44. The summed E-state index contributed by atoms with van der Waals surface area (Å²) in [6.45, 7) is 9.51. The number of hydrogen-bond acceptors (Lipinski definition) is 4. The number of amides is 1. The first kappa shape index (κ1) is 22.8. The van der Waals surface area contributed by atoms with Crippen molar-refractivity contribution in [3.05, 3.63) is 34.6 Å². The summed E-state index contributed by atoms with van der Waals surface area (Å²) in [5.74, 6) is 0.708. The normalized spacial score (nSPS) is 18.6. The Morgan fingerprint density at radius 3 is 2.57 bits per heavy atom. The third-order valence-corrected chi connectivity index (χ3v) is 5.77. The van der Waals surface area contributed by atoms with Crippen molar-refractivity contribution in [2.45, 2.75) is 13.3 Å². The van der Waals surface area contributed by atoms with Crippen molar-refractivity contribution in [1.29, 1.82) is 0 Å². The van der Waals surface area contributed by atoms with Gasteiger partial charge in [0.25, 0.3) is 0 Å². The summed E-state index contributed by atoms with van der Waals surface area (Å²) in [6.07, 6.45) is 0.453. The molecule has 2 saturated heterocycles. The molecular weight excluding hydrogens is 409 g/mol. The van der Waals surface area contributed by atoms with E-state index in [1.165, 1.54) is 6.07 Å². The van der Waals surface area contributed by atoms with E-state index in [0.29, 0.717) is 56.4 Å². The lowest BCUT2D eigenvalue weighted by atomic mass is 10.1. The van der Waals surface area contributed by atoms with Crippen molar-refractivity contribution in [1.82, 2.24) is 20.0 Å². The van der Waals surface area contributed by atoms with E-state index < -0.39 is 0 Å². The van der Waals surface area contributed by atoms with E-state index in [-0.39, 0.29) is 11.7 Å². The number of rotatable bonds is 6. The van der Waals surface area contributed by atoms with Crippen LogP contribution in [0.2, 0.25) is 5.02 Å². The van der Waals surface area contributed by atoms with Gasteiger partial charge in [0, 0.05) is 62.9 Å². The Bertz CT molecular complexity index is 714. The molecule has 0 atom stereocenters. The predicted octanol–water partition coefficient (Wildman–Crippen LogP) is 1.46. The van der Waals surface area contributed by atoms with Gasteiger partial charge in [0.1, 0.15) is 5.82 Å². The minimum absolute atomic E-state index is 0.175. The summed E-state index contributed by atoms with van der Waals surface area (Å²) in [7, 11) is 0. The number of nitrogens with one attached hydrogen (secondary N) is 1. The van der Waals surface area contributed by atoms with Crippen LogP contribution in [0.15, 0.2) is 23.2 Å². The summed E-state index contributed by atoms with van der Waals surface area (Å²) < 4.78 is 19.3. The summed E-state index contributed by atoms with van der Waals surface area (Å²) in [5, 5.41) is 3.76. The van der Waals surface area contributed by atoms with Gasteiger partial charge in [0.2, 0.25) is 5.91 Å². The van der Waals surface area contributed by atoms with E-state index in [2.05, 4.69) is 20.1 Å².